The summed E-state index contributed by atoms with van der Waals surface area (Å²) in [5.74, 6) is 0.599. The van der Waals surface area contributed by atoms with Crippen molar-refractivity contribution in [3.05, 3.63) is 52.6 Å². The van der Waals surface area contributed by atoms with Crippen molar-refractivity contribution in [2.75, 3.05) is 6.61 Å². The maximum Gasteiger partial charge on any atom is 0.0790 e. The van der Waals surface area contributed by atoms with Gasteiger partial charge in [-0.25, -0.2) is 0 Å². The van der Waals surface area contributed by atoms with E-state index in [0.29, 0.717) is 5.92 Å². The van der Waals surface area contributed by atoms with Gasteiger partial charge in [0, 0.05) is 11.6 Å². The summed E-state index contributed by atoms with van der Waals surface area (Å²) in [5, 5.41) is 0.774. The third-order valence-corrected chi connectivity index (χ3v) is 4.10. The molecule has 0 amide bonds. The van der Waals surface area contributed by atoms with Crippen LogP contribution in [0.25, 0.3) is 6.08 Å². The largest absolute Gasteiger partial charge is 0.374 e. The predicted octanol–water partition coefficient (Wildman–Crippen LogP) is 5.50. The molecule has 0 fully saturated rings. The topological polar surface area (TPSA) is 9.23 Å². The summed E-state index contributed by atoms with van der Waals surface area (Å²) in [5.41, 5.74) is 2.68. The monoisotopic (exact) mass is 290 g/mol. The first kappa shape index (κ1) is 15.3. The van der Waals surface area contributed by atoms with Crippen LogP contribution in [-0.2, 0) is 4.74 Å². The molecule has 1 aromatic carbocycles. The van der Waals surface area contributed by atoms with Gasteiger partial charge in [-0.3, -0.25) is 0 Å². The molecular weight excluding hydrogens is 268 g/mol. The normalized spacial score (nSPS) is 20.9. The number of allylic oxidation sites excluding steroid dienone is 2. The van der Waals surface area contributed by atoms with Crippen molar-refractivity contribution in [1.82, 2.24) is 0 Å². The average Bonchev–Trinajstić information content (AvgIpc) is 2.46. The molecule has 1 aromatic rings. The quantitative estimate of drug-likeness (QED) is 0.650. The van der Waals surface area contributed by atoms with Gasteiger partial charge in [-0.15, -0.1) is 0 Å². The van der Waals surface area contributed by atoms with Crippen LogP contribution < -0.4 is 0 Å². The molecule has 1 aliphatic rings. The van der Waals surface area contributed by atoms with Crippen LogP contribution in [-0.4, -0.2) is 12.7 Å². The summed E-state index contributed by atoms with van der Waals surface area (Å²) in [6, 6.07) is 7.91. The Morgan fingerprint density at radius 2 is 2.10 bits per heavy atom. The van der Waals surface area contributed by atoms with Crippen molar-refractivity contribution < 1.29 is 4.74 Å². The van der Waals surface area contributed by atoms with E-state index in [1.54, 1.807) is 0 Å². The van der Waals surface area contributed by atoms with Crippen LogP contribution in [0.15, 0.2) is 42.0 Å². The smallest absolute Gasteiger partial charge is 0.0790 e. The van der Waals surface area contributed by atoms with E-state index in [-0.39, 0.29) is 6.10 Å². The summed E-state index contributed by atoms with van der Waals surface area (Å²) in [7, 11) is 0. The second kappa shape index (κ2) is 7.66. The molecule has 0 saturated carbocycles. The van der Waals surface area contributed by atoms with Gasteiger partial charge in [-0.2, -0.15) is 0 Å². The van der Waals surface area contributed by atoms with E-state index >= 15 is 0 Å². The van der Waals surface area contributed by atoms with Crippen molar-refractivity contribution >= 4 is 17.7 Å². The highest BCUT2D eigenvalue weighted by atomic mass is 35.5. The fraction of sp³-hybridized carbons (Fsp3) is 0.444. The van der Waals surface area contributed by atoms with Crippen molar-refractivity contribution in [3.8, 4) is 0 Å². The number of rotatable bonds is 5. The predicted molar refractivity (Wildman–Crippen MR) is 87.0 cm³/mol. The van der Waals surface area contributed by atoms with Crippen LogP contribution in [0.5, 0.6) is 0 Å². The van der Waals surface area contributed by atoms with Crippen LogP contribution in [0.4, 0.5) is 0 Å². The van der Waals surface area contributed by atoms with Gasteiger partial charge in [-0.05, 0) is 56.7 Å². The minimum absolute atomic E-state index is 0.208. The first-order chi connectivity index (χ1) is 9.69. The van der Waals surface area contributed by atoms with Crippen molar-refractivity contribution in [2.24, 2.45) is 5.92 Å². The molecule has 0 aliphatic heterocycles. The fourth-order valence-electron chi connectivity index (χ4n) is 2.60. The molecule has 0 aromatic heterocycles. The molecule has 2 atom stereocenters. The molecule has 0 radical (unpaired) electrons. The highest BCUT2D eigenvalue weighted by Crippen LogP contribution is 2.28. The maximum absolute atomic E-state index is 5.92. The zero-order valence-corrected chi connectivity index (χ0v) is 13.1. The van der Waals surface area contributed by atoms with E-state index in [4.69, 9.17) is 16.3 Å². The molecule has 0 saturated heterocycles. The van der Waals surface area contributed by atoms with E-state index in [9.17, 15) is 0 Å². The third kappa shape index (κ3) is 4.50. The van der Waals surface area contributed by atoms with E-state index in [1.165, 1.54) is 24.0 Å². The Hall–Kier alpha value is -1.05. The van der Waals surface area contributed by atoms with E-state index in [1.807, 2.05) is 24.3 Å². The molecule has 1 aliphatic carbocycles. The second-order valence-electron chi connectivity index (χ2n) is 5.42. The summed E-state index contributed by atoms with van der Waals surface area (Å²) < 4.78 is 5.92. The molecule has 2 heteroatoms. The Bertz CT molecular complexity index is 473. The number of halogens is 1. The average molecular weight is 291 g/mol. The standard InChI is InChI=1S/C18H23ClO/c1-3-20-18(16-9-4-14(2)5-10-16)13-8-15-6-11-17(19)12-7-15/h4,6-8,11-13,16,18H,3,5,9-10H2,1-2H3/b13-8+. The second-order valence-corrected chi connectivity index (χ2v) is 5.85. The van der Waals surface area contributed by atoms with Crippen molar-refractivity contribution in [2.45, 2.75) is 39.2 Å². The zero-order valence-electron chi connectivity index (χ0n) is 12.3. The van der Waals surface area contributed by atoms with Crippen LogP contribution in [0.3, 0.4) is 0 Å². The van der Waals surface area contributed by atoms with Crippen LogP contribution >= 0.6 is 11.6 Å². The molecule has 1 nitrogen and oxygen atoms in total. The van der Waals surface area contributed by atoms with Gasteiger partial charge in [0.25, 0.3) is 0 Å². The lowest BCUT2D eigenvalue weighted by molar-refractivity contribution is 0.0502. The van der Waals surface area contributed by atoms with Gasteiger partial charge in [0.15, 0.2) is 0 Å². The number of hydrogen-bond acceptors (Lipinski definition) is 1. The Kier molecular flexibility index (Phi) is 5.87. The molecule has 0 heterocycles. The Labute approximate surface area is 127 Å². The van der Waals surface area contributed by atoms with Crippen LogP contribution in [0.1, 0.15) is 38.7 Å². The first-order valence-electron chi connectivity index (χ1n) is 7.40. The molecular formula is C18H23ClO. The Morgan fingerprint density at radius 1 is 1.35 bits per heavy atom. The van der Waals surface area contributed by atoms with Crippen molar-refractivity contribution in [1.29, 1.82) is 0 Å². The van der Waals surface area contributed by atoms with E-state index < -0.39 is 0 Å². The lowest BCUT2D eigenvalue weighted by Gasteiger charge is -2.27. The van der Waals surface area contributed by atoms with Gasteiger partial charge >= 0.3 is 0 Å². The van der Waals surface area contributed by atoms with E-state index in [2.05, 4.69) is 32.1 Å². The van der Waals surface area contributed by atoms with Crippen molar-refractivity contribution in [3.63, 3.8) is 0 Å². The highest BCUT2D eigenvalue weighted by Gasteiger charge is 2.21. The van der Waals surface area contributed by atoms with Gasteiger partial charge in [0.2, 0.25) is 0 Å². The van der Waals surface area contributed by atoms with Gasteiger partial charge in [0.1, 0.15) is 0 Å². The molecule has 0 bridgehead atoms. The number of benzene rings is 1. The first-order valence-corrected chi connectivity index (χ1v) is 7.78. The zero-order chi connectivity index (χ0) is 14.4. The minimum atomic E-state index is 0.208. The summed E-state index contributed by atoms with van der Waals surface area (Å²) in [6.07, 6.45) is 10.5. The molecule has 0 spiro atoms. The third-order valence-electron chi connectivity index (χ3n) is 3.85. The van der Waals surface area contributed by atoms with Crippen LogP contribution in [0.2, 0.25) is 5.02 Å². The SMILES string of the molecule is CCOC(/C=C/c1ccc(Cl)cc1)C1CC=C(C)CC1. The van der Waals surface area contributed by atoms with Crippen LogP contribution in [0, 0.1) is 5.92 Å². The highest BCUT2D eigenvalue weighted by molar-refractivity contribution is 6.30. The number of hydrogen-bond donors (Lipinski definition) is 0. The fourth-order valence-corrected chi connectivity index (χ4v) is 2.73. The van der Waals surface area contributed by atoms with Gasteiger partial charge < -0.3 is 4.74 Å². The summed E-state index contributed by atoms with van der Waals surface area (Å²) >= 11 is 5.90. The lowest BCUT2D eigenvalue weighted by Crippen LogP contribution is -2.23. The Morgan fingerprint density at radius 3 is 2.70 bits per heavy atom. The number of ether oxygens (including phenoxy) is 1. The lowest BCUT2D eigenvalue weighted by atomic mass is 9.86. The van der Waals surface area contributed by atoms with Gasteiger partial charge in [-0.1, -0.05) is 47.5 Å². The molecule has 20 heavy (non-hydrogen) atoms. The molecule has 2 unspecified atom stereocenters. The Balaban J connectivity index is 2.03. The molecule has 108 valence electrons. The van der Waals surface area contributed by atoms with E-state index in [0.717, 1.165) is 18.1 Å². The molecule has 0 N–H and O–H groups in total. The maximum atomic E-state index is 5.92. The minimum Gasteiger partial charge on any atom is -0.374 e. The van der Waals surface area contributed by atoms with Gasteiger partial charge in [0.05, 0.1) is 6.10 Å². The summed E-state index contributed by atoms with van der Waals surface area (Å²) in [4.78, 5) is 0. The summed E-state index contributed by atoms with van der Waals surface area (Å²) in [6.45, 7) is 5.04. The molecule has 2 rings (SSSR count).